The minimum absolute atomic E-state index is 0.0768. The van der Waals surface area contributed by atoms with Gasteiger partial charge in [-0.05, 0) is 68.3 Å². The van der Waals surface area contributed by atoms with Crippen molar-refractivity contribution in [1.29, 1.82) is 0 Å². The maximum absolute atomic E-state index is 13.2. The molecule has 4 rings (SSSR count). The third-order valence-corrected chi connectivity index (χ3v) is 7.33. The highest BCUT2D eigenvalue weighted by Crippen LogP contribution is 2.27. The molecule has 192 valence electrons. The quantitative estimate of drug-likeness (QED) is 0.135. The van der Waals surface area contributed by atoms with E-state index in [1.165, 1.54) is 17.3 Å². The zero-order chi connectivity index (χ0) is 26.4. The number of hydrogen-bond acceptors (Lipinski definition) is 6. The van der Waals surface area contributed by atoms with E-state index in [9.17, 15) is 4.79 Å². The Bertz CT molecular complexity index is 1370. The maximum Gasteiger partial charge on any atom is 0.192 e. The van der Waals surface area contributed by atoms with E-state index in [0.717, 1.165) is 52.8 Å². The molecule has 0 fully saturated rings. The monoisotopic (exact) mass is 516 g/mol. The van der Waals surface area contributed by atoms with Crippen molar-refractivity contribution in [3.63, 3.8) is 0 Å². The Labute approximate surface area is 222 Å². The van der Waals surface area contributed by atoms with Crippen LogP contribution in [0.15, 0.2) is 72.4 Å². The molecule has 0 atom stereocenters. The number of ketones is 1. The molecular formula is C29H32N4O3S. The first-order chi connectivity index (χ1) is 17.9. The van der Waals surface area contributed by atoms with E-state index in [2.05, 4.69) is 33.5 Å². The number of allylic oxidation sites excluding steroid dienone is 1. The number of Topliss-reactive ketones (excluding diaryl/α,β-unsaturated/α-hetero) is 1. The normalized spacial score (nSPS) is 10.9. The molecule has 7 nitrogen and oxygen atoms in total. The predicted molar refractivity (Wildman–Crippen MR) is 148 cm³/mol. The highest BCUT2D eigenvalue weighted by Gasteiger charge is 2.19. The Kier molecular flexibility index (Phi) is 8.50. The second-order valence-electron chi connectivity index (χ2n) is 8.68. The van der Waals surface area contributed by atoms with E-state index in [4.69, 9.17) is 9.47 Å². The molecule has 2 heterocycles. The van der Waals surface area contributed by atoms with Crippen molar-refractivity contribution in [2.24, 2.45) is 0 Å². The van der Waals surface area contributed by atoms with Gasteiger partial charge in [0.1, 0.15) is 11.5 Å². The topological polar surface area (TPSA) is 71.2 Å². The van der Waals surface area contributed by atoms with Crippen molar-refractivity contribution in [3.8, 4) is 22.9 Å². The molecule has 8 heteroatoms. The van der Waals surface area contributed by atoms with Crippen molar-refractivity contribution in [2.75, 3.05) is 20.0 Å². The molecule has 0 aliphatic carbocycles. The molecule has 0 aliphatic heterocycles. The van der Waals surface area contributed by atoms with Gasteiger partial charge in [-0.15, -0.1) is 16.8 Å². The number of hydrogen-bond donors (Lipinski definition) is 0. The minimum atomic E-state index is 0.0768. The maximum atomic E-state index is 13.2. The summed E-state index contributed by atoms with van der Waals surface area (Å²) in [4.78, 5) is 13.2. The summed E-state index contributed by atoms with van der Waals surface area (Å²) in [6, 6.07) is 17.8. The minimum Gasteiger partial charge on any atom is -0.497 e. The second kappa shape index (κ2) is 12.0. The second-order valence-corrected chi connectivity index (χ2v) is 9.62. The number of aryl methyl sites for hydroxylation is 2. The first kappa shape index (κ1) is 26.3. The molecule has 0 N–H and O–H groups in total. The number of ether oxygens (including phenoxy) is 2. The van der Waals surface area contributed by atoms with Gasteiger partial charge in [0.05, 0.1) is 20.0 Å². The standard InChI is InChI=1S/C29H32N4O3S/c1-6-16-33-28(23-9-13-25(36-5)14-10-23)30-31-29(33)37-19-27(34)26-18-20(2)32(21(26)3)17-15-22-7-11-24(35-4)12-8-22/h6-14,18H,1,15-17,19H2,2-5H3. The number of nitrogens with zero attached hydrogens (tertiary/aromatic N) is 4. The smallest absolute Gasteiger partial charge is 0.192 e. The Morgan fingerprint density at radius 2 is 1.62 bits per heavy atom. The molecule has 0 aliphatic rings. The van der Waals surface area contributed by atoms with Crippen molar-refractivity contribution >= 4 is 17.5 Å². The van der Waals surface area contributed by atoms with Crippen molar-refractivity contribution in [2.45, 2.75) is 38.5 Å². The summed E-state index contributed by atoms with van der Waals surface area (Å²) < 4.78 is 14.7. The molecule has 0 saturated heterocycles. The third-order valence-electron chi connectivity index (χ3n) is 6.37. The average Bonchev–Trinajstić information content (AvgIpc) is 3.46. The lowest BCUT2D eigenvalue weighted by Gasteiger charge is -2.10. The number of thioether (sulfide) groups is 1. The van der Waals surface area contributed by atoms with Crippen LogP contribution in [0.25, 0.3) is 11.4 Å². The zero-order valence-corrected chi connectivity index (χ0v) is 22.5. The molecule has 0 spiro atoms. The zero-order valence-electron chi connectivity index (χ0n) is 21.7. The van der Waals surface area contributed by atoms with Crippen LogP contribution in [-0.4, -0.2) is 45.1 Å². The Hall–Kier alpha value is -3.78. The van der Waals surface area contributed by atoms with Gasteiger partial charge in [-0.2, -0.15) is 0 Å². The van der Waals surface area contributed by atoms with Gasteiger partial charge in [0.2, 0.25) is 0 Å². The largest absolute Gasteiger partial charge is 0.497 e. The van der Waals surface area contributed by atoms with Gasteiger partial charge < -0.3 is 14.0 Å². The molecular weight excluding hydrogens is 484 g/mol. The lowest BCUT2D eigenvalue weighted by molar-refractivity contribution is 0.102. The summed E-state index contributed by atoms with van der Waals surface area (Å²) in [5.74, 6) is 2.71. The SMILES string of the molecule is C=CCn1c(SCC(=O)c2cc(C)n(CCc3ccc(OC)cc3)c2C)nnc1-c1ccc(OC)cc1. The van der Waals surface area contributed by atoms with Gasteiger partial charge in [-0.1, -0.05) is 30.0 Å². The Balaban J connectivity index is 1.45. The molecule has 0 unspecified atom stereocenters. The molecule has 4 aromatic rings. The van der Waals surface area contributed by atoms with Crippen LogP contribution in [0.3, 0.4) is 0 Å². The number of aromatic nitrogens is 4. The van der Waals surface area contributed by atoms with Gasteiger partial charge in [0.15, 0.2) is 16.8 Å². The van der Waals surface area contributed by atoms with E-state index >= 15 is 0 Å². The molecule has 0 saturated carbocycles. The lowest BCUT2D eigenvalue weighted by atomic mass is 10.1. The van der Waals surface area contributed by atoms with E-state index < -0.39 is 0 Å². The molecule has 0 bridgehead atoms. The van der Waals surface area contributed by atoms with Crippen LogP contribution in [0.1, 0.15) is 27.3 Å². The van der Waals surface area contributed by atoms with Gasteiger partial charge in [0.25, 0.3) is 0 Å². The van der Waals surface area contributed by atoms with Crippen molar-refractivity contribution in [3.05, 3.63) is 89.8 Å². The van der Waals surface area contributed by atoms with E-state index in [1.54, 1.807) is 20.3 Å². The van der Waals surface area contributed by atoms with Crippen molar-refractivity contribution in [1.82, 2.24) is 19.3 Å². The summed E-state index contributed by atoms with van der Waals surface area (Å²) in [6.07, 6.45) is 2.68. The molecule has 2 aromatic heterocycles. The number of methoxy groups -OCH3 is 2. The van der Waals surface area contributed by atoms with Crippen LogP contribution < -0.4 is 9.47 Å². The lowest BCUT2D eigenvalue weighted by Crippen LogP contribution is -2.09. The number of carbonyl (C=O) groups excluding carboxylic acids is 1. The summed E-state index contributed by atoms with van der Waals surface area (Å²) in [5, 5.41) is 9.45. The highest BCUT2D eigenvalue weighted by atomic mass is 32.2. The predicted octanol–water partition coefficient (Wildman–Crippen LogP) is 5.78. The Morgan fingerprint density at radius 3 is 2.24 bits per heavy atom. The Morgan fingerprint density at radius 1 is 0.973 bits per heavy atom. The summed E-state index contributed by atoms with van der Waals surface area (Å²) in [7, 11) is 3.31. The molecule has 0 radical (unpaired) electrons. The van der Waals surface area contributed by atoms with Crippen LogP contribution in [0.5, 0.6) is 11.5 Å². The fourth-order valence-corrected chi connectivity index (χ4v) is 5.14. The third kappa shape index (κ3) is 5.97. The number of rotatable bonds is 12. The molecule has 0 amide bonds. The van der Waals surface area contributed by atoms with Gasteiger partial charge in [0, 0.05) is 35.6 Å². The van der Waals surface area contributed by atoms with Gasteiger partial charge in [-0.25, -0.2) is 0 Å². The average molecular weight is 517 g/mol. The summed E-state index contributed by atoms with van der Waals surface area (Å²) >= 11 is 1.40. The van der Waals surface area contributed by atoms with Gasteiger partial charge >= 0.3 is 0 Å². The van der Waals surface area contributed by atoms with E-state index in [1.807, 2.05) is 60.9 Å². The van der Waals surface area contributed by atoms with Crippen LogP contribution in [-0.2, 0) is 19.5 Å². The first-order valence-corrected chi connectivity index (χ1v) is 13.1. The van der Waals surface area contributed by atoms with Crippen molar-refractivity contribution < 1.29 is 14.3 Å². The van der Waals surface area contributed by atoms with Crippen LogP contribution in [0.4, 0.5) is 0 Å². The van der Waals surface area contributed by atoms with Crippen LogP contribution in [0, 0.1) is 13.8 Å². The highest BCUT2D eigenvalue weighted by molar-refractivity contribution is 7.99. The summed E-state index contributed by atoms with van der Waals surface area (Å²) in [5.41, 5.74) is 4.98. The van der Waals surface area contributed by atoms with Crippen LogP contribution in [0.2, 0.25) is 0 Å². The molecule has 2 aromatic carbocycles. The summed E-state index contributed by atoms with van der Waals surface area (Å²) in [6.45, 7) is 9.29. The number of benzene rings is 2. The number of carbonyl (C=O) groups is 1. The first-order valence-electron chi connectivity index (χ1n) is 12.1. The van der Waals surface area contributed by atoms with E-state index in [-0.39, 0.29) is 11.5 Å². The van der Waals surface area contributed by atoms with E-state index in [0.29, 0.717) is 11.7 Å². The van der Waals surface area contributed by atoms with Crippen LogP contribution >= 0.6 is 11.8 Å². The molecule has 37 heavy (non-hydrogen) atoms. The fourth-order valence-electron chi connectivity index (χ4n) is 4.31. The fraction of sp³-hybridized carbons (Fsp3) is 0.276. The van der Waals surface area contributed by atoms with Gasteiger partial charge in [-0.3, -0.25) is 9.36 Å².